The van der Waals surface area contributed by atoms with E-state index < -0.39 is 0 Å². The predicted octanol–water partition coefficient (Wildman–Crippen LogP) is 4.47. The second-order valence-electron chi connectivity index (χ2n) is 4.60. The molecule has 0 bridgehead atoms. The molecule has 0 atom stereocenters. The van der Waals surface area contributed by atoms with Crippen LogP contribution >= 0.6 is 23.2 Å². The third kappa shape index (κ3) is 4.34. The Balaban J connectivity index is 1.93. The molecule has 0 heterocycles. The molecule has 1 N–H and O–H groups in total. The molecule has 112 valence electrons. The van der Waals surface area contributed by atoms with E-state index in [4.69, 9.17) is 27.9 Å². The van der Waals surface area contributed by atoms with Crippen LogP contribution in [0.4, 0.5) is 4.39 Å². The molecule has 0 aromatic heterocycles. The Bertz CT molecular complexity index is 619. The lowest BCUT2D eigenvalue weighted by atomic mass is 10.1. The first-order valence-electron chi connectivity index (χ1n) is 6.58. The zero-order valence-electron chi connectivity index (χ0n) is 11.6. The molecule has 0 unspecified atom stereocenters. The second kappa shape index (κ2) is 7.64. The highest BCUT2D eigenvalue weighted by Gasteiger charge is 2.09. The summed E-state index contributed by atoms with van der Waals surface area (Å²) < 4.78 is 18.8. The maximum Gasteiger partial charge on any atom is 0.142 e. The summed E-state index contributed by atoms with van der Waals surface area (Å²) in [5.41, 5.74) is 1.57. The van der Waals surface area contributed by atoms with Crippen molar-refractivity contribution >= 4 is 23.2 Å². The molecule has 2 aromatic rings. The van der Waals surface area contributed by atoms with Gasteiger partial charge in [-0.3, -0.25) is 0 Å². The second-order valence-corrected chi connectivity index (χ2v) is 5.44. The maximum atomic E-state index is 13.5. The van der Waals surface area contributed by atoms with Gasteiger partial charge in [0, 0.05) is 17.1 Å². The molecule has 2 rings (SSSR count). The number of nitrogens with one attached hydrogen (secondary N) is 1. The summed E-state index contributed by atoms with van der Waals surface area (Å²) in [7, 11) is 1.57. The quantitative estimate of drug-likeness (QED) is 0.790. The Morgan fingerprint density at radius 1 is 1.14 bits per heavy atom. The van der Waals surface area contributed by atoms with Gasteiger partial charge in [-0.1, -0.05) is 41.4 Å². The number of hydrogen-bond donors (Lipinski definition) is 1. The molecule has 0 aliphatic heterocycles. The van der Waals surface area contributed by atoms with Crippen molar-refractivity contribution in [3.05, 3.63) is 63.4 Å². The lowest BCUT2D eigenvalue weighted by molar-refractivity contribution is 0.408. The molecular weight excluding hydrogens is 312 g/mol. The minimum atomic E-state index is -0.178. The summed E-state index contributed by atoms with van der Waals surface area (Å²) in [5.74, 6) is 0.433. The fourth-order valence-electron chi connectivity index (χ4n) is 2.12. The van der Waals surface area contributed by atoms with Gasteiger partial charge >= 0.3 is 0 Å². The van der Waals surface area contributed by atoms with E-state index in [1.54, 1.807) is 25.3 Å². The molecule has 0 fully saturated rings. The highest BCUT2D eigenvalue weighted by atomic mass is 35.5. The fraction of sp³-hybridized carbons (Fsp3) is 0.250. The zero-order chi connectivity index (χ0) is 15.2. The van der Waals surface area contributed by atoms with E-state index >= 15 is 0 Å². The van der Waals surface area contributed by atoms with Crippen LogP contribution in [0.2, 0.25) is 10.0 Å². The van der Waals surface area contributed by atoms with Crippen molar-refractivity contribution in [3.63, 3.8) is 0 Å². The number of rotatable bonds is 6. The van der Waals surface area contributed by atoms with Gasteiger partial charge in [0.15, 0.2) is 0 Å². The molecular formula is C16H16Cl2FNO. The van der Waals surface area contributed by atoms with Gasteiger partial charge in [-0.15, -0.1) is 0 Å². The van der Waals surface area contributed by atoms with E-state index in [9.17, 15) is 4.39 Å². The monoisotopic (exact) mass is 327 g/mol. The molecule has 0 spiro atoms. The minimum absolute atomic E-state index is 0.178. The van der Waals surface area contributed by atoms with Gasteiger partial charge in [0.05, 0.1) is 12.1 Å². The summed E-state index contributed by atoms with van der Waals surface area (Å²) >= 11 is 12.1. The van der Waals surface area contributed by atoms with Crippen molar-refractivity contribution in [2.75, 3.05) is 13.7 Å². The first kappa shape index (κ1) is 16.1. The third-order valence-corrected chi connectivity index (χ3v) is 3.63. The molecule has 0 amide bonds. The summed E-state index contributed by atoms with van der Waals surface area (Å²) in [6, 6.07) is 10.2. The van der Waals surface area contributed by atoms with E-state index in [1.165, 1.54) is 6.07 Å². The van der Waals surface area contributed by atoms with Gasteiger partial charge in [-0.05, 0) is 36.7 Å². The fourth-order valence-corrected chi connectivity index (χ4v) is 2.73. The van der Waals surface area contributed by atoms with Crippen LogP contribution in [0.5, 0.6) is 5.75 Å². The molecule has 0 saturated heterocycles. The van der Waals surface area contributed by atoms with E-state index in [-0.39, 0.29) is 5.82 Å². The van der Waals surface area contributed by atoms with Crippen molar-refractivity contribution in [2.45, 2.75) is 13.0 Å². The summed E-state index contributed by atoms with van der Waals surface area (Å²) in [6.45, 7) is 1.20. The van der Waals surface area contributed by atoms with Crippen molar-refractivity contribution in [3.8, 4) is 5.75 Å². The van der Waals surface area contributed by atoms with Crippen LogP contribution in [-0.4, -0.2) is 13.7 Å². The van der Waals surface area contributed by atoms with Crippen LogP contribution in [0.1, 0.15) is 11.1 Å². The predicted molar refractivity (Wildman–Crippen MR) is 84.8 cm³/mol. The molecule has 21 heavy (non-hydrogen) atoms. The van der Waals surface area contributed by atoms with Gasteiger partial charge in [0.2, 0.25) is 0 Å². The Kier molecular flexibility index (Phi) is 5.85. The maximum absolute atomic E-state index is 13.5. The summed E-state index contributed by atoms with van der Waals surface area (Å²) in [4.78, 5) is 0. The average Bonchev–Trinajstić information content (AvgIpc) is 2.45. The van der Waals surface area contributed by atoms with Gasteiger partial charge in [-0.2, -0.15) is 0 Å². The van der Waals surface area contributed by atoms with Crippen LogP contribution in [0.3, 0.4) is 0 Å². The molecule has 0 aliphatic carbocycles. The van der Waals surface area contributed by atoms with E-state index in [2.05, 4.69) is 5.32 Å². The minimum Gasteiger partial charge on any atom is -0.495 e. The van der Waals surface area contributed by atoms with Crippen LogP contribution < -0.4 is 10.1 Å². The van der Waals surface area contributed by atoms with Crippen LogP contribution in [-0.2, 0) is 13.0 Å². The van der Waals surface area contributed by atoms with Crippen molar-refractivity contribution < 1.29 is 9.13 Å². The Morgan fingerprint density at radius 3 is 2.62 bits per heavy atom. The average molecular weight is 328 g/mol. The van der Waals surface area contributed by atoms with Crippen LogP contribution in [0.25, 0.3) is 0 Å². The molecule has 2 nitrogen and oxygen atoms in total. The zero-order valence-corrected chi connectivity index (χ0v) is 13.1. The number of benzene rings is 2. The van der Waals surface area contributed by atoms with E-state index in [0.29, 0.717) is 40.9 Å². The van der Waals surface area contributed by atoms with Crippen molar-refractivity contribution in [2.24, 2.45) is 0 Å². The lowest BCUT2D eigenvalue weighted by Crippen LogP contribution is -2.17. The molecule has 2 aromatic carbocycles. The number of hydrogen-bond acceptors (Lipinski definition) is 2. The van der Waals surface area contributed by atoms with Gasteiger partial charge in [0.1, 0.15) is 11.6 Å². The Morgan fingerprint density at radius 2 is 1.90 bits per heavy atom. The topological polar surface area (TPSA) is 21.3 Å². The normalized spacial score (nSPS) is 10.7. The SMILES string of the molecule is COc1c(Cl)cc(Cl)cc1CNCCc1ccccc1F. The highest BCUT2D eigenvalue weighted by Crippen LogP contribution is 2.32. The molecule has 5 heteroatoms. The van der Waals surface area contributed by atoms with E-state index in [0.717, 1.165) is 5.56 Å². The molecule has 0 radical (unpaired) electrons. The van der Waals surface area contributed by atoms with Gasteiger partial charge < -0.3 is 10.1 Å². The van der Waals surface area contributed by atoms with Gasteiger partial charge in [-0.25, -0.2) is 4.39 Å². The Labute approximate surface area is 133 Å². The van der Waals surface area contributed by atoms with Crippen molar-refractivity contribution in [1.82, 2.24) is 5.32 Å². The summed E-state index contributed by atoms with van der Waals surface area (Å²) in [6.07, 6.45) is 0.614. The first-order chi connectivity index (χ1) is 10.1. The number of methoxy groups -OCH3 is 1. The largest absolute Gasteiger partial charge is 0.495 e. The third-order valence-electron chi connectivity index (χ3n) is 3.13. The smallest absolute Gasteiger partial charge is 0.142 e. The number of halogens is 3. The number of ether oxygens (including phenoxy) is 1. The standard InChI is InChI=1S/C16H16Cl2FNO/c1-21-16-12(8-13(17)9-14(16)18)10-20-7-6-11-4-2-3-5-15(11)19/h2-5,8-9,20H,6-7,10H2,1H3. The summed E-state index contributed by atoms with van der Waals surface area (Å²) in [5, 5.41) is 4.29. The van der Waals surface area contributed by atoms with Crippen LogP contribution in [0, 0.1) is 5.82 Å². The lowest BCUT2D eigenvalue weighted by Gasteiger charge is -2.12. The first-order valence-corrected chi connectivity index (χ1v) is 7.33. The molecule has 0 saturated carbocycles. The van der Waals surface area contributed by atoms with Crippen LogP contribution in [0.15, 0.2) is 36.4 Å². The van der Waals surface area contributed by atoms with E-state index in [1.807, 2.05) is 12.1 Å². The Hall–Kier alpha value is -1.29. The van der Waals surface area contributed by atoms with Gasteiger partial charge in [0.25, 0.3) is 0 Å². The molecule has 0 aliphatic rings. The highest BCUT2D eigenvalue weighted by molar-refractivity contribution is 6.35. The van der Waals surface area contributed by atoms with Crippen molar-refractivity contribution in [1.29, 1.82) is 0 Å².